The molecule has 0 saturated carbocycles. The highest BCUT2D eigenvalue weighted by molar-refractivity contribution is 6.37. The van der Waals surface area contributed by atoms with Gasteiger partial charge in [0.15, 0.2) is 0 Å². The van der Waals surface area contributed by atoms with Gasteiger partial charge in [0.05, 0.1) is 10.0 Å². The minimum absolute atomic E-state index is 0.303. The summed E-state index contributed by atoms with van der Waals surface area (Å²) in [6, 6.07) is 1.61. The summed E-state index contributed by atoms with van der Waals surface area (Å²) in [7, 11) is 0. The summed E-state index contributed by atoms with van der Waals surface area (Å²) in [5.74, 6) is 1.62. The standard InChI is InChI=1S/C11H17Cl2N3/c1-7(2)4-3-5-15-11-9(13)6-8(12)10(14)16-11/h6-7H,3-5H2,1-2H3,(H3,14,15,16). The van der Waals surface area contributed by atoms with E-state index in [2.05, 4.69) is 24.1 Å². The van der Waals surface area contributed by atoms with Crippen molar-refractivity contribution in [1.29, 1.82) is 0 Å². The van der Waals surface area contributed by atoms with Gasteiger partial charge in [-0.25, -0.2) is 4.98 Å². The third kappa shape index (κ3) is 4.06. The molecule has 90 valence electrons. The fraction of sp³-hybridized carbons (Fsp3) is 0.545. The van der Waals surface area contributed by atoms with Gasteiger partial charge in [-0.05, 0) is 24.8 Å². The van der Waals surface area contributed by atoms with Crippen molar-refractivity contribution in [2.45, 2.75) is 26.7 Å². The zero-order chi connectivity index (χ0) is 12.1. The van der Waals surface area contributed by atoms with Gasteiger partial charge >= 0.3 is 0 Å². The largest absolute Gasteiger partial charge is 0.382 e. The van der Waals surface area contributed by atoms with E-state index in [0.29, 0.717) is 27.6 Å². The van der Waals surface area contributed by atoms with E-state index in [-0.39, 0.29) is 0 Å². The number of hydrogen-bond donors (Lipinski definition) is 2. The molecule has 0 aromatic carbocycles. The Morgan fingerprint density at radius 3 is 2.69 bits per heavy atom. The molecular formula is C11H17Cl2N3. The fourth-order valence-electron chi connectivity index (χ4n) is 1.32. The number of nitrogens with one attached hydrogen (secondary N) is 1. The highest BCUT2D eigenvalue weighted by Gasteiger charge is 2.06. The Kier molecular flexibility index (Phi) is 5.16. The Morgan fingerprint density at radius 2 is 2.06 bits per heavy atom. The Balaban J connectivity index is 2.51. The molecule has 0 aliphatic heterocycles. The molecule has 0 aliphatic rings. The van der Waals surface area contributed by atoms with E-state index >= 15 is 0 Å². The summed E-state index contributed by atoms with van der Waals surface area (Å²) in [4.78, 5) is 4.09. The van der Waals surface area contributed by atoms with Crippen molar-refractivity contribution in [2.24, 2.45) is 5.92 Å². The molecule has 3 N–H and O–H groups in total. The molecule has 0 spiro atoms. The molecule has 0 fully saturated rings. The number of anilines is 2. The van der Waals surface area contributed by atoms with Crippen molar-refractivity contribution < 1.29 is 0 Å². The number of rotatable bonds is 5. The minimum atomic E-state index is 0.303. The highest BCUT2D eigenvalue weighted by Crippen LogP contribution is 2.27. The lowest BCUT2D eigenvalue weighted by molar-refractivity contribution is 0.567. The monoisotopic (exact) mass is 261 g/mol. The van der Waals surface area contributed by atoms with Crippen LogP contribution in [0.4, 0.5) is 11.6 Å². The first-order chi connectivity index (χ1) is 7.50. The van der Waals surface area contributed by atoms with Gasteiger partial charge in [-0.15, -0.1) is 0 Å². The van der Waals surface area contributed by atoms with Crippen molar-refractivity contribution in [2.75, 3.05) is 17.6 Å². The van der Waals surface area contributed by atoms with Gasteiger partial charge < -0.3 is 11.1 Å². The normalized spacial score (nSPS) is 10.8. The lowest BCUT2D eigenvalue weighted by Crippen LogP contribution is -2.06. The SMILES string of the molecule is CC(C)CCCNc1nc(N)c(Cl)cc1Cl. The predicted octanol–water partition coefficient (Wildman–Crippen LogP) is 3.82. The number of nitrogens with zero attached hydrogens (tertiary/aromatic N) is 1. The molecule has 0 aliphatic carbocycles. The van der Waals surface area contributed by atoms with E-state index in [1.165, 1.54) is 6.42 Å². The first kappa shape index (κ1) is 13.4. The average molecular weight is 262 g/mol. The summed E-state index contributed by atoms with van der Waals surface area (Å²) < 4.78 is 0. The third-order valence-corrected chi connectivity index (χ3v) is 2.80. The van der Waals surface area contributed by atoms with E-state index in [4.69, 9.17) is 28.9 Å². The first-order valence-electron chi connectivity index (χ1n) is 5.36. The van der Waals surface area contributed by atoms with Crippen LogP contribution in [0.1, 0.15) is 26.7 Å². The van der Waals surface area contributed by atoms with Gasteiger partial charge in [0.25, 0.3) is 0 Å². The van der Waals surface area contributed by atoms with Crippen LogP contribution in [-0.2, 0) is 0 Å². The molecule has 16 heavy (non-hydrogen) atoms. The molecule has 5 heteroatoms. The van der Waals surface area contributed by atoms with Crippen LogP contribution >= 0.6 is 23.2 Å². The summed E-state index contributed by atoms with van der Waals surface area (Å²) in [6.07, 6.45) is 2.26. The van der Waals surface area contributed by atoms with Crippen molar-refractivity contribution in [1.82, 2.24) is 4.98 Å². The maximum Gasteiger partial charge on any atom is 0.147 e. The van der Waals surface area contributed by atoms with Crippen molar-refractivity contribution >= 4 is 34.8 Å². The fourth-order valence-corrected chi connectivity index (χ4v) is 1.75. The summed E-state index contributed by atoms with van der Waals surface area (Å²) in [5, 5.41) is 4.04. The molecule has 0 saturated heterocycles. The second kappa shape index (κ2) is 6.16. The third-order valence-electron chi connectivity index (χ3n) is 2.21. The van der Waals surface area contributed by atoms with E-state index < -0.39 is 0 Å². The summed E-state index contributed by atoms with van der Waals surface area (Å²) in [5.41, 5.74) is 5.60. The van der Waals surface area contributed by atoms with Crippen LogP contribution in [0.3, 0.4) is 0 Å². The van der Waals surface area contributed by atoms with Gasteiger partial charge in [0, 0.05) is 6.54 Å². The van der Waals surface area contributed by atoms with Crippen molar-refractivity contribution in [3.8, 4) is 0 Å². The van der Waals surface area contributed by atoms with Gasteiger partial charge in [0.2, 0.25) is 0 Å². The molecule has 0 amide bonds. The molecule has 1 aromatic rings. The second-order valence-electron chi connectivity index (χ2n) is 4.15. The Hall–Kier alpha value is -0.670. The molecular weight excluding hydrogens is 245 g/mol. The topological polar surface area (TPSA) is 50.9 Å². The van der Waals surface area contributed by atoms with E-state index in [9.17, 15) is 0 Å². The van der Waals surface area contributed by atoms with E-state index in [0.717, 1.165) is 13.0 Å². The van der Waals surface area contributed by atoms with Gasteiger partial charge in [-0.3, -0.25) is 0 Å². The molecule has 1 heterocycles. The van der Waals surface area contributed by atoms with Gasteiger partial charge in [-0.2, -0.15) is 0 Å². The molecule has 1 rings (SSSR count). The number of halogens is 2. The Bertz CT molecular complexity index is 353. The lowest BCUT2D eigenvalue weighted by Gasteiger charge is -2.09. The van der Waals surface area contributed by atoms with Gasteiger partial charge in [-0.1, -0.05) is 37.0 Å². The number of nitrogens with two attached hydrogens (primary N) is 1. The Morgan fingerprint density at radius 1 is 1.38 bits per heavy atom. The molecule has 3 nitrogen and oxygen atoms in total. The number of nitrogen functional groups attached to an aromatic ring is 1. The zero-order valence-corrected chi connectivity index (χ0v) is 11.1. The van der Waals surface area contributed by atoms with E-state index in [1.807, 2.05) is 0 Å². The summed E-state index contributed by atoms with van der Waals surface area (Å²) in [6.45, 7) is 5.24. The Labute approximate surface area is 106 Å². The van der Waals surface area contributed by atoms with Crippen molar-refractivity contribution in [3.63, 3.8) is 0 Å². The minimum Gasteiger partial charge on any atom is -0.382 e. The number of hydrogen-bond acceptors (Lipinski definition) is 3. The number of aromatic nitrogens is 1. The molecule has 0 bridgehead atoms. The van der Waals surface area contributed by atoms with Crippen LogP contribution in [0.2, 0.25) is 10.0 Å². The zero-order valence-electron chi connectivity index (χ0n) is 9.56. The smallest absolute Gasteiger partial charge is 0.147 e. The molecule has 0 radical (unpaired) electrons. The predicted molar refractivity (Wildman–Crippen MR) is 71.2 cm³/mol. The van der Waals surface area contributed by atoms with Crippen LogP contribution in [0, 0.1) is 5.92 Å². The summed E-state index contributed by atoms with van der Waals surface area (Å²) >= 11 is 11.8. The van der Waals surface area contributed by atoms with Gasteiger partial charge in [0.1, 0.15) is 11.6 Å². The van der Waals surface area contributed by atoms with Crippen LogP contribution in [-0.4, -0.2) is 11.5 Å². The average Bonchev–Trinajstić information content (AvgIpc) is 2.19. The maximum absolute atomic E-state index is 5.98. The first-order valence-corrected chi connectivity index (χ1v) is 6.11. The molecule has 0 atom stereocenters. The lowest BCUT2D eigenvalue weighted by atomic mass is 10.1. The molecule has 1 aromatic heterocycles. The van der Waals surface area contributed by atoms with Crippen LogP contribution < -0.4 is 11.1 Å². The van der Waals surface area contributed by atoms with Crippen molar-refractivity contribution in [3.05, 3.63) is 16.1 Å². The maximum atomic E-state index is 5.98. The van der Waals surface area contributed by atoms with Crippen LogP contribution in [0.5, 0.6) is 0 Å². The molecule has 0 unspecified atom stereocenters. The van der Waals surface area contributed by atoms with E-state index in [1.54, 1.807) is 6.07 Å². The second-order valence-corrected chi connectivity index (χ2v) is 4.96. The number of pyridine rings is 1. The van der Waals surface area contributed by atoms with Crippen LogP contribution in [0.15, 0.2) is 6.07 Å². The van der Waals surface area contributed by atoms with Crippen LogP contribution in [0.25, 0.3) is 0 Å². The highest BCUT2D eigenvalue weighted by atomic mass is 35.5. The quantitative estimate of drug-likeness (QED) is 0.793.